The van der Waals surface area contributed by atoms with E-state index in [0.29, 0.717) is 6.61 Å². The standard InChI is InChI=1S/C16H20BrN3O/c1-10-16(17)15(20(2)19-10)9-21-12-7-6-11-4-3-5-14(18)13(11)8-12/h6-8,14H,3-5,9,18H2,1-2H3/t14-/m1/s1. The summed E-state index contributed by atoms with van der Waals surface area (Å²) in [6.45, 7) is 2.47. The van der Waals surface area contributed by atoms with Gasteiger partial charge in [-0.1, -0.05) is 6.07 Å². The average Bonchev–Trinajstić information content (AvgIpc) is 2.71. The van der Waals surface area contributed by atoms with Crippen LogP contribution < -0.4 is 10.5 Å². The number of nitrogens with zero attached hydrogens (tertiary/aromatic N) is 2. The van der Waals surface area contributed by atoms with E-state index in [1.807, 2.05) is 24.7 Å². The zero-order chi connectivity index (χ0) is 15.0. The molecule has 0 spiro atoms. The van der Waals surface area contributed by atoms with Gasteiger partial charge in [0, 0.05) is 13.1 Å². The van der Waals surface area contributed by atoms with Gasteiger partial charge in [-0.2, -0.15) is 5.10 Å². The normalized spacial score (nSPS) is 17.6. The molecule has 2 aromatic rings. The highest BCUT2D eigenvalue weighted by atomic mass is 79.9. The van der Waals surface area contributed by atoms with Crippen molar-refractivity contribution in [3.8, 4) is 5.75 Å². The summed E-state index contributed by atoms with van der Waals surface area (Å²) in [4.78, 5) is 0. The molecule has 0 saturated carbocycles. The number of ether oxygens (including phenoxy) is 1. The molecule has 21 heavy (non-hydrogen) atoms. The lowest BCUT2D eigenvalue weighted by atomic mass is 9.88. The molecule has 2 N–H and O–H groups in total. The van der Waals surface area contributed by atoms with Crippen LogP contribution in [0.25, 0.3) is 0 Å². The van der Waals surface area contributed by atoms with Crippen LogP contribution in [-0.2, 0) is 20.1 Å². The molecule has 0 bridgehead atoms. The third kappa shape index (κ3) is 2.85. The van der Waals surface area contributed by atoms with Gasteiger partial charge in [-0.25, -0.2) is 0 Å². The summed E-state index contributed by atoms with van der Waals surface area (Å²) in [5.74, 6) is 0.872. The number of aromatic nitrogens is 2. The van der Waals surface area contributed by atoms with Crippen LogP contribution in [0.5, 0.6) is 5.75 Å². The molecule has 4 nitrogen and oxygen atoms in total. The number of benzene rings is 1. The Labute approximate surface area is 133 Å². The molecule has 0 amide bonds. The van der Waals surface area contributed by atoms with Crippen molar-refractivity contribution in [1.82, 2.24) is 9.78 Å². The predicted octanol–water partition coefficient (Wildman–Crippen LogP) is 3.41. The van der Waals surface area contributed by atoms with Crippen LogP contribution in [0.1, 0.15) is 41.4 Å². The van der Waals surface area contributed by atoms with E-state index < -0.39 is 0 Å². The second-order valence-electron chi connectivity index (χ2n) is 5.62. The Morgan fingerprint density at radius 1 is 1.48 bits per heavy atom. The van der Waals surface area contributed by atoms with Gasteiger partial charge in [0.2, 0.25) is 0 Å². The Morgan fingerprint density at radius 2 is 2.29 bits per heavy atom. The zero-order valence-corrected chi connectivity index (χ0v) is 14.0. The smallest absolute Gasteiger partial charge is 0.131 e. The molecular weight excluding hydrogens is 330 g/mol. The van der Waals surface area contributed by atoms with Crippen molar-refractivity contribution < 1.29 is 4.74 Å². The molecule has 112 valence electrons. The highest BCUT2D eigenvalue weighted by molar-refractivity contribution is 9.10. The third-order valence-electron chi connectivity index (χ3n) is 4.12. The summed E-state index contributed by atoms with van der Waals surface area (Å²) >= 11 is 3.56. The number of fused-ring (bicyclic) bond motifs is 1. The van der Waals surface area contributed by atoms with Gasteiger partial charge in [-0.3, -0.25) is 4.68 Å². The molecule has 0 radical (unpaired) electrons. The first-order valence-electron chi connectivity index (χ1n) is 7.25. The van der Waals surface area contributed by atoms with Crippen LogP contribution in [-0.4, -0.2) is 9.78 Å². The van der Waals surface area contributed by atoms with E-state index in [9.17, 15) is 0 Å². The Hall–Kier alpha value is -1.33. The van der Waals surface area contributed by atoms with Gasteiger partial charge < -0.3 is 10.5 Å². The molecule has 0 saturated heterocycles. The number of hydrogen-bond donors (Lipinski definition) is 1. The predicted molar refractivity (Wildman–Crippen MR) is 86.3 cm³/mol. The highest BCUT2D eigenvalue weighted by Crippen LogP contribution is 2.31. The first-order valence-corrected chi connectivity index (χ1v) is 8.04. The molecule has 5 heteroatoms. The lowest BCUT2D eigenvalue weighted by molar-refractivity contribution is 0.293. The van der Waals surface area contributed by atoms with Crippen molar-refractivity contribution in [3.63, 3.8) is 0 Å². The van der Waals surface area contributed by atoms with Crippen LogP contribution in [0.2, 0.25) is 0 Å². The van der Waals surface area contributed by atoms with Crippen molar-refractivity contribution in [2.24, 2.45) is 12.8 Å². The Bertz CT molecular complexity index is 666. The minimum absolute atomic E-state index is 0.142. The molecule has 1 aliphatic carbocycles. The minimum Gasteiger partial charge on any atom is -0.487 e. The monoisotopic (exact) mass is 349 g/mol. The fourth-order valence-corrected chi connectivity index (χ4v) is 3.34. The first kappa shape index (κ1) is 14.6. The molecule has 1 aromatic heterocycles. The van der Waals surface area contributed by atoms with Gasteiger partial charge in [0.05, 0.1) is 15.9 Å². The number of halogens is 1. The van der Waals surface area contributed by atoms with Gasteiger partial charge in [0.1, 0.15) is 12.4 Å². The third-order valence-corrected chi connectivity index (χ3v) is 5.15. The highest BCUT2D eigenvalue weighted by Gasteiger charge is 2.17. The molecule has 1 aliphatic rings. The van der Waals surface area contributed by atoms with Crippen molar-refractivity contribution in [1.29, 1.82) is 0 Å². The number of hydrogen-bond acceptors (Lipinski definition) is 3. The van der Waals surface area contributed by atoms with Crippen LogP contribution in [0.3, 0.4) is 0 Å². The van der Waals surface area contributed by atoms with Gasteiger partial charge in [0.25, 0.3) is 0 Å². The van der Waals surface area contributed by atoms with E-state index in [2.05, 4.69) is 33.2 Å². The molecule has 0 unspecified atom stereocenters. The van der Waals surface area contributed by atoms with Gasteiger partial charge >= 0.3 is 0 Å². The second kappa shape index (κ2) is 5.81. The lowest BCUT2D eigenvalue weighted by Crippen LogP contribution is -2.17. The maximum absolute atomic E-state index is 6.20. The fraction of sp³-hybridized carbons (Fsp3) is 0.438. The van der Waals surface area contributed by atoms with Crippen LogP contribution in [0, 0.1) is 6.92 Å². The van der Waals surface area contributed by atoms with Crippen LogP contribution >= 0.6 is 15.9 Å². The number of aryl methyl sites for hydroxylation is 3. The van der Waals surface area contributed by atoms with Gasteiger partial charge in [-0.15, -0.1) is 0 Å². The van der Waals surface area contributed by atoms with Crippen molar-refractivity contribution in [2.75, 3.05) is 0 Å². The molecule has 0 aliphatic heterocycles. The van der Waals surface area contributed by atoms with E-state index in [1.54, 1.807) is 0 Å². The fourth-order valence-electron chi connectivity index (χ4n) is 2.89. The Balaban J connectivity index is 1.78. The van der Waals surface area contributed by atoms with E-state index in [-0.39, 0.29) is 6.04 Å². The van der Waals surface area contributed by atoms with E-state index in [4.69, 9.17) is 10.5 Å². The number of nitrogens with two attached hydrogens (primary N) is 1. The quantitative estimate of drug-likeness (QED) is 0.923. The zero-order valence-electron chi connectivity index (χ0n) is 12.4. The van der Waals surface area contributed by atoms with Crippen LogP contribution in [0.4, 0.5) is 0 Å². The van der Waals surface area contributed by atoms with Gasteiger partial charge in [0.15, 0.2) is 0 Å². The molecule has 0 fully saturated rings. The largest absolute Gasteiger partial charge is 0.487 e. The average molecular weight is 350 g/mol. The maximum Gasteiger partial charge on any atom is 0.131 e. The Kier molecular flexibility index (Phi) is 4.04. The Morgan fingerprint density at radius 3 is 3.00 bits per heavy atom. The van der Waals surface area contributed by atoms with Gasteiger partial charge in [-0.05, 0) is 65.4 Å². The minimum atomic E-state index is 0.142. The lowest BCUT2D eigenvalue weighted by Gasteiger charge is -2.22. The molecule has 1 atom stereocenters. The SMILES string of the molecule is Cc1nn(C)c(COc2ccc3c(c2)[C@H](N)CCC3)c1Br. The molecule has 1 heterocycles. The van der Waals surface area contributed by atoms with Crippen molar-refractivity contribution >= 4 is 15.9 Å². The summed E-state index contributed by atoms with van der Waals surface area (Å²) in [5, 5.41) is 4.37. The van der Waals surface area contributed by atoms with Crippen molar-refractivity contribution in [2.45, 2.75) is 38.8 Å². The molecular formula is C16H20BrN3O. The summed E-state index contributed by atoms with van der Waals surface area (Å²) in [6.07, 6.45) is 3.36. The molecule has 3 rings (SSSR count). The van der Waals surface area contributed by atoms with E-state index >= 15 is 0 Å². The maximum atomic E-state index is 6.20. The van der Waals surface area contributed by atoms with E-state index in [0.717, 1.165) is 34.5 Å². The molecule has 1 aromatic carbocycles. The topological polar surface area (TPSA) is 53.1 Å². The van der Waals surface area contributed by atoms with E-state index in [1.165, 1.54) is 17.5 Å². The first-order chi connectivity index (χ1) is 10.1. The summed E-state index contributed by atoms with van der Waals surface area (Å²) < 4.78 is 8.80. The second-order valence-corrected chi connectivity index (χ2v) is 6.41. The summed E-state index contributed by atoms with van der Waals surface area (Å²) in [7, 11) is 1.93. The van der Waals surface area contributed by atoms with Crippen LogP contribution in [0.15, 0.2) is 22.7 Å². The summed E-state index contributed by atoms with van der Waals surface area (Å²) in [6, 6.07) is 6.42. The van der Waals surface area contributed by atoms with Crippen molar-refractivity contribution in [3.05, 3.63) is 45.2 Å². The summed E-state index contributed by atoms with van der Waals surface area (Å²) in [5.41, 5.74) is 10.8. The number of rotatable bonds is 3.